The highest BCUT2D eigenvalue weighted by molar-refractivity contribution is 7.99. The topological polar surface area (TPSA) is 144 Å². The maximum Gasteiger partial charge on any atom is 0.325 e. The second-order valence-electron chi connectivity index (χ2n) is 7.77. The lowest BCUT2D eigenvalue weighted by molar-refractivity contribution is -0.113. The van der Waals surface area contributed by atoms with Crippen molar-refractivity contribution in [1.82, 2.24) is 24.7 Å². The summed E-state index contributed by atoms with van der Waals surface area (Å²) in [6.45, 7) is 1.96. The van der Waals surface area contributed by atoms with Gasteiger partial charge in [0.25, 0.3) is 5.56 Å². The van der Waals surface area contributed by atoms with Gasteiger partial charge in [0, 0.05) is 29.9 Å². The van der Waals surface area contributed by atoms with E-state index >= 15 is 0 Å². The number of nitrogens with zero attached hydrogens (tertiary/aromatic N) is 3. The lowest BCUT2D eigenvalue weighted by atomic mass is 10.2. The van der Waals surface area contributed by atoms with E-state index in [1.54, 1.807) is 29.9 Å². The Kier molecular flexibility index (Phi) is 7.54. The largest absolute Gasteiger partial charge is 0.497 e. The van der Waals surface area contributed by atoms with Crippen LogP contribution in [0, 0.1) is 6.92 Å². The van der Waals surface area contributed by atoms with Crippen LogP contribution in [0.1, 0.15) is 17.1 Å². The molecule has 2 aromatic carbocycles. The SMILES string of the molecule is COc1ccc(NC(=O)CSc2nnc(Cc3cc(=O)[nH]c(=O)[nH]3)n2-c2cccc(C)c2)c(OC)c1. The molecule has 4 aromatic rings. The molecule has 0 bridgehead atoms. The molecule has 0 saturated heterocycles. The Morgan fingerprint density at radius 2 is 1.89 bits per heavy atom. The maximum atomic E-state index is 12.7. The van der Waals surface area contributed by atoms with Gasteiger partial charge in [-0.2, -0.15) is 0 Å². The number of benzene rings is 2. The molecular weight excluding hydrogens is 484 g/mol. The minimum atomic E-state index is -0.598. The Balaban J connectivity index is 1.58. The number of thioether (sulfide) groups is 1. The number of hydrogen-bond donors (Lipinski definition) is 3. The third kappa shape index (κ3) is 5.84. The summed E-state index contributed by atoms with van der Waals surface area (Å²) >= 11 is 1.21. The first kappa shape index (κ1) is 24.8. The second-order valence-corrected chi connectivity index (χ2v) is 8.71. The van der Waals surface area contributed by atoms with Gasteiger partial charge in [-0.05, 0) is 36.8 Å². The van der Waals surface area contributed by atoms with Crippen molar-refractivity contribution in [2.24, 2.45) is 0 Å². The summed E-state index contributed by atoms with van der Waals surface area (Å²) in [6, 6.07) is 14.1. The number of aromatic amines is 2. The summed E-state index contributed by atoms with van der Waals surface area (Å²) in [6.07, 6.45) is 0.163. The summed E-state index contributed by atoms with van der Waals surface area (Å²) in [5.74, 6) is 1.38. The van der Waals surface area contributed by atoms with Crippen molar-refractivity contribution in [1.29, 1.82) is 0 Å². The zero-order valence-corrected chi connectivity index (χ0v) is 20.6. The third-order valence-electron chi connectivity index (χ3n) is 5.14. The molecule has 0 unspecified atom stereocenters. The van der Waals surface area contributed by atoms with Crippen molar-refractivity contribution in [3.8, 4) is 17.2 Å². The van der Waals surface area contributed by atoms with E-state index in [9.17, 15) is 14.4 Å². The average Bonchev–Trinajstić information content (AvgIpc) is 3.24. The predicted molar refractivity (Wildman–Crippen MR) is 135 cm³/mol. The quantitative estimate of drug-likeness (QED) is 0.292. The van der Waals surface area contributed by atoms with Gasteiger partial charge in [-0.15, -0.1) is 10.2 Å². The van der Waals surface area contributed by atoms with Crippen molar-refractivity contribution >= 4 is 23.4 Å². The molecule has 1 amide bonds. The van der Waals surface area contributed by atoms with Gasteiger partial charge >= 0.3 is 5.69 Å². The van der Waals surface area contributed by atoms with Crippen molar-refractivity contribution in [2.75, 3.05) is 25.3 Å². The van der Waals surface area contributed by atoms with E-state index in [4.69, 9.17) is 9.47 Å². The van der Waals surface area contributed by atoms with Gasteiger partial charge in [0.2, 0.25) is 5.91 Å². The van der Waals surface area contributed by atoms with Crippen LogP contribution in [0.5, 0.6) is 11.5 Å². The second kappa shape index (κ2) is 11.0. The first-order valence-electron chi connectivity index (χ1n) is 10.8. The lowest BCUT2D eigenvalue weighted by Crippen LogP contribution is -2.23. The molecule has 186 valence electrons. The Bertz CT molecular complexity index is 1480. The number of anilines is 1. The molecular formula is C24H24N6O5S. The van der Waals surface area contributed by atoms with Gasteiger partial charge in [-0.1, -0.05) is 23.9 Å². The average molecular weight is 509 g/mol. The number of rotatable bonds is 9. The first-order chi connectivity index (χ1) is 17.4. The summed E-state index contributed by atoms with van der Waals surface area (Å²) in [4.78, 5) is 40.9. The number of carbonyl (C=O) groups excluding carboxylic acids is 1. The number of H-pyrrole nitrogens is 2. The van der Waals surface area contributed by atoms with Gasteiger partial charge in [0.1, 0.15) is 17.3 Å². The monoisotopic (exact) mass is 508 g/mol. The van der Waals surface area contributed by atoms with Crippen molar-refractivity contribution in [3.05, 3.63) is 86.5 Å². The number of carbonyl (C=O) groups is 1. The van der Waals surface area contributed by atoms with Crippen LogP contribution in [0.15, 0.2) is 63.3 Å². The van der Waals surface area contributed by atoms with E-state index in [1.807, 2.05) is 31.2 Å². The van der Waals surface area contributed by atoms with Gasteiger partial charge in [-0.3, -0.25) is 19.1 Å². The molecule has 0 saturated carbocycles. The fourth-order valence-electron chi connectivity index (χ4n) is 3.54. The predicted octanol–water partition coefficient (Wildman–Crippen LogP) is 2.29. The van der Waals surface area contributed by atoms with E-state index < -0.39 is 11.2 Å². The summed E-state index contributed by atoms with van der Waals surface area (Å²) < 4.78 is 12.3. The van der Waals surface area contributed by atoms with E-state index in [0.717, 1.165) is 11.3 Å². The molecule has 11 nitrogen and oxygen atoms in total. The minimum Gasteiger partial charge on any atom is -0.497 e. The van der Waals surface area contributed by atoms with Crippen molar-refractivity contribution in [3.63, 3.8) is 0 Å². The van der Waals surface area contributed by atoms with Crippen LogP contribution in [-0.2, 0) is 11.2 Å². The van der Waals surface area contributed by atoms with Gasteiger partial charge in [-0.25, -0.2) is 4.79 Å². The van der Waals surface area contributed by atoms with Crippen molar-refractivity contribution < 1.29 is 14.3 Å². The molecule has 0 spiro atoms. The molecule has 36 heavy (non-hydrogen) atoms. The molecule has 0 aliphatic heterocycles. The number of methoxy groups -OCH3 is 2. The molecule has 2 aromatic heterocycles. The van der Waals surface area contributed by atoms with Gasteiger partial charge < -0.3 is 19.8 Å². The zero-order chi connectivity index (χ0) is 25.7. The summed E-state index contributed by atoms with van der Waals surface area (Å²) in [5.41, 5.74) is 1.63. The molecule has 0 atom stereocenters. The number of aromatic nitrogens is 5. The molecule has 2 heterocycles. The van der Waals surface area contributed by atoms with Crippen LogP contribution in [0.25, 0.3) is 5.69 Å². The first-order valence-corrected chi connectivity index (χ1v) is 11.8. The summed E-state index contributed by atoms with van der Waals surface area (Å²) in [5, 5.41) is 11.9. The van der Waals surface area contributed by atoms with E-state index in [2.05, 4.69) is 25.5 Å². The number of nitrogens with one attached hydrogen (secondary N) is 3. The minimum absolute atomic E-state index is 0.0565. The van der Waals surface area contributed by atoms with Crippen LogP contribution in [0.4, 0.5) is 5.69 Å². The van der Waals surface area contributed by atoms with Crippen LogP contribution < -0.4 is 26.0 Å². The van der Waals surface area contributed by atoms with Crippen LogP contribution in [0.2, 0.25) is 0 Å². The van der Waals surface area contributed by atoms with E-state index in [-0.39, 0.29) is 18.1 Å². The van der Waals surface area contributed by atoms with Crippen LogP contribution >= 0.6 is 11.8 Å². The highest BCUT2D eigenvalue weighted by atomic mass is 32.2. The molecule has 0 fully saturated rings. The molecule has 0 aliphatic carbocycles. The maximum absolute atomic E-state index is 12.7. The Labute approximate surface area is 209 Å². The molecule has 12 heteroatoms. The Hall–Kier alpha value is -4.32. The highest BCUT2D eigenvalue weighted by Crippen LogP contribution is 2.30. The molecule has 0 aliphatic rings. The Morgan fingerprint density at radius 1 is 1.06 bits per heavy atom. The normalized spacial score (nSPS) is 10.8. The van der Waals surface area contributed by atoms with E-state index in [0.29, 0.717) is 33.9 Å². The molecule has 3 N–H and O–H groups in total. The van der Waals surface area contributed by atoms with Gasteiger partial charge in [0.05, 0.1) is 25.7 Å². The number of aryl methyl sites for hydroxylation is 1. The number of hydrogen-bond acceptors (Lipinski definition) is 8. The van der Waals surface area contributed by atoms with Gasteiger partial charge in [0.15, 0.2) is 5.16 Å². The van der Waals surface area contributed by atoms with Crippen LogP contribution in [-0.4, -0.2) is 50.6 Å². The highest BCUT2D eigenvalue weighted by Gasteiger charge is 2.18. The summed E-state index contributed by atoms with van der Waals surface area (Å²) in [7, 11) is 3.06. The fraction of sp³-hybridized carbons (Fsp3) is 0.208. The molecule has 0 radical (unpaired) electrons. The standard InChI is InChI=1S/C24H24N6O5S/c1-14-5-4-6-16(9-14)30-20(10-15-11-21(31)27-23(33)25-15)28-29-24(30)36-13-22(32)26-18-8-7-17(34-2)12-19(18)35-3/h4-9,11-12H,10,13H2,1-3H3,(H,26,32)(H2,25,27,31,33). The van der Waals surface area contributed by atoms with E-state index in [1.165, 1.54) is 24.9 Å². The smallest absolute Gasteiger partial charge is 0.325 e. The lowest BCUT2D eigenvalue weighted by Gasteiger charge is -2.12. The fourth-order valence-corrected chi connectivity index (χ4v) is 4.31. The molecule has 4 rings (SSSR count). The van der Waals surface area contributed by atoms with Crippen molar-refractivity contribution in [2.45, 2.75) is 18.5 Å². The number of amides is 1. The number of ether oxygens (including phenoxy) is 2. The third-order valence-corrected chi connectivity index (χ3v) is 6.07. The zero-order valence-electron chi connectivity index (χ0n) is 19.8. The van der Waals surface area contributed by atoms with Crippen LogP contribution in [0.3, 0.4) is 0 Å². The Morgan fingerprint density at radius 3 is 2.61 bits per heavy atom.